The molecule has 4 aliphatic rings. The number of aliphatic hydroxyl groups is 2. The smallest absolute Gasteiger partial charge is 0.0577 e. The Bertz CT molecular complexity index is 518. The predicted octanol–water partition coefficient (Wildman–Crippen LogP) is 5.41. The van der Waals surface area contributed by atoms with Crippen LogP contribution in [0.1, 0.15) is 91.9 Å². The number of hydrogen-bond donors (Lipinski definition) is 2. The number of hydrogen-bond acceptors (Lipinski definition) is 2. The molecule has 2 heteroatoms. The van der Waals surface area contributed by atoms with Crippen LogP contribution in [0.15, 0.2) is 0 Å². The molecule has 150 valence electrons. The normalized spacial score (nSPS) is 54.9. The van der Waals surface area contributed by atoms with Gasteiger partial charge in [0.05, 0.1) is 12.2 Å². The lowest BCUT2D eigenvalue weighted by atomic mass is 9.43. The van der Waals surface area contributed by atoms with Crippen molar-refractivity contribution in [1.82, 2.24) is 0 Å². The Morgan fingerprint density at radius 1 is 0.923 bits per heavy atom. The molecule has 10 atom stereocenters. The Morgan fingerprint density at radius 3 is 2.35 bits per heavy atom. The van der Waals surface area contributed by atoms with Gasteiger partial charge >= 0.3 is 0 Å². The van der Waals surface area contributed by atoms with E-state index in [1.165, 1.54) is 44.9 Å². The molecule has 26 heavy (non-hydrogen) atoms. The molecule has 0 aromatic carbocycles. The van der Waals surface area contributed by atoms with Crippen LogP contribution in [0.25, 0.3) is 0 Å². The molecule has 2 N–H and O–H groups in total. The van der Waals surface area contributed by atoms with Crippen LogP contribution in [0, 0.1) is 46.3 Å². The zero-order valence-electron chi connectivity index (χ0n) is 17.6. The molecule has 0 aromatic heterocycles. The van der Waals surface area contributed by atoms with E-state index in [0.29, 0.717) is 28.6 Å². The third-order valence-electron chi connectivity index (χ3n) is 10.2. The monoisotopic (exact) mass is 362 g/mol. The summed E-state index contributed by atoms with van der Waals surface area (Å²) in [5, 5.41) is 21.5. The van der Waals surface area contributed by atoms with Crippen LogP contribution in [0.3, 0.4) is 0 Å². The van der Waals surface area contributed by atoms with Crippen molar-refractivity contribution in [3.05, 3.63) is 0 Å². The molecule has 4 fully saturated rings. The van der Waals surface area contributed by atoms with Gasteiger partial charge in [-0.3, -0.25) is 0 Å². The van der Waals surface area contributed by atoms with Gasteiger partial charge in [-0.05, 0) is 97.7 Å². The van der Waals surface area contributed by atoms with Crippen molar-refractivity contribution in [2.45, 2.75) is 104 Å². The van der Waals surface area contributed by atoms with Gasteiger partial charge in [-0.1, -0.05) is 40.5 Å². The molecule has 0 spiro atoms. The summed E-state index contributed by atoms with van der Waals surface area (Å²) in [4.78, 5) is 0. The van der Waals surface area contributed by atoms with Gasteiger partial charge in [-0.15, -0.1) is 0 Å². The Morgan fingerprint density at radius 2 is 1.62 bits per heavy atom. The molecule has 0 radical (unpaired) electrons. The number of aliphatic hydroxyl groups excluding tert-OH is 2. The van der Waals surface area contributed by atoms with Gasteiger partial charge in [0.1, 0.15) is 0 Å². The minimum atomic E-state index is -0.131. The first-order chi connectivity index (χ1) is 12.3. The fourth-order valence-corrected chi connectivity index (χ4v) is 8.83. The first-order valence-electron chi connectivity index (χ1n) is 11.7. The minimum Gasteiger partial charge on any atom is -0.393 e. The highest BCUT2D eigenvalue weighted by molar-refractivity contribution is 5.11. The molecule has 0 amide bonds. The zero-order valence-corrected chi connectivity index (χ0v) is 17.6. The quantitative estimate of drug-likeness (QED) is 0.704. The lowest BCUT2D eigenvalue weighted by Gasteiger charge is -2.62. The molecule has 0 bridgehead atoms. The van der Waals surface area contributed by atoms with Crippen LogP contribution in [0.4, 0.5) is 0 Å². The maximum Gasteiger partial charge on any atom is 0.0577 e. The van der Waals surface area contributed by atoms with E-state index in [9.17, 15) is 10.2 Å². The second kappa shape index (κ2) is 6.76. The summed E-state index contributed by atoms with van der Waals surface area (Å²) in [6.45, 7) is 9.92. The fraction of sp³-hybridized carbons (Fsp3) is 1.00. The van der Waals surface area contributed by atoms with Crippen molar-refractivity contribution in [3.8, 4) is 0 Å². The van der Waals surface area contributed by atoms with E-state index in [-0.39, 0.29) is 12.2 Å². The van der Waals surface area contributed by atoms with Gasteiger partial charge in [0.2, 0.25) is 0 Å². The first-order valence-corrected chi connectivity index (χ1v) is 11.7. The lowest BCUT2D eigenvalue weighted by molar-refractivity contribution is -0.174. The topological polar surface area (TPSA) is 40.5 Å². The summed E-state index contributed by atoms with van der Waals surface area (Å²) in [7, 11) is 0. The average molecular weight is 363 g/mol. The Balaban J connectivity index is 1.61. The van der Waals surface area contributed by atoms with Crippen molar-refractivity contribution in [1.29, 1.82) is 0 Å². The summed E-state index contributed by atoms with van der Waals surface area (Å²) < 4.78 is 0. The summed E-state index contributed by atoms with van der Waals surface area (Å²) in [6, 6.07) is 0. The highest BCUT2D eigenvalue weighted by Crippen LogP contribution is 2.68. The molecule has 1 unspecified atom stereocenters. The number of fused-ring (bicyclic) bond motifs is 5. The zero-order chi connectivity index (χ0) is 18.7. The van der Waals surface area contributed by atoms with E-state index < -0.39 is 0 Å². The third-order valence-corrected chi connectivity index (χ3v) is 10.2. The van der Waals surface area contributed by atoms with Crippen molar-refractivity contribution in [2.75, 3.05) is 0 Å². The van der Waals surface area contributed by atoms with Crippen molar-refractivity contribution >= 4 is 0 Å². The van der Waals surface area contributed by atoms with Crippen LogP contribution in [-0.4, -0.2) is 22.4 Å². The standard InChI is InChI=1S/C24H42O2/c1-5-6-15(2)18-7-8-19-22-20(10-12-24(18,19)4)23(3)11-9-17(25)13-16(23)14-21(22)26/h15-22,25-26H,5-14H2,1-4H3/t15-,16?,17-,18-,19+,20+,21-,22+,23+,24-/m1/s1. The van der Waals surface area contributed by atoms with E-state index in [2.05, 4.69) is 27.7 Å². The van der Waals surface area contributed by atoms with E-state index in [0.717, 1.165) is 37.0 Å². The summed E-state index contributed by atoms with van der Waals surface area (Å²) in [5.74, 6) is 4.15. The number of rotatable bonds is 3. The highest BCUT2D eigenvalue weighted by Gasteiger charge is 2.62. The molecule has 4 saturated carbocycles. The van der Waals surface area contributed by atoms with E-state index in [1.807, 2.05) is 0 Å². The van der Waals surface area contributed by atoms with Crippen molar-refractivity contribution in [2.24, 2.45) is 46.3 Å². The summed E-state index contributed by atoms with van der Waals surface area (Å²) in [6.07, 6.45) is 11.8. The second-order valence-electron chi connectivity index (χ2n) is 11.2. The maximum atomic E-state index is 11.3. The van der Waals surface area contributed by atoms with Crippen LogP contribution < -0.4 is 0 Å². The first kappa shape index (κ1) is 19.2. The third kappa shape index (κ3) is 2.72. The van der Waals surface area contributed by atoms with E-state index in [1.54, 1.807) is 0 Å². The fourth-order valence-electron chi connectivity index (χ4n) is 8.83. The van der Waals surface area contributed by atoms with Crippen LogP contribution in [-0.2, 0) is 0 Å². The summed E-state index contributed by atoms with van der Waals surface area (Å²) >= 11 is 0. The van der Waals surface area contributed by atoms with Crippen LogP contribution >= 0.6 is 0 Å². The van der Waals surface area contributed by atoms with E-state index >= 15 is 0 Å². The maximum absolute atomic E-state index is 11.3. The van der Waals surface area contributed by atoms with Crippen molar-refractivity contribution in [3.63, 3.8) is 0 Å². The van der Waals surface area contributed by atoms with Gasteiger partial charge in [-0.25, -0.2) is 0 Å². The lowest BCUT2D eigenvalue weighted by Crippen LogP contribution is -2.58. The largest absolute Gasteiger partial charge is 0.393 e. The minimum absolute atomic E-state index is 0.128. The molecule has 0 aliphatic heterocycles. The molecule has 0 heterocycles. The molecule has 0 aromatic rings. The van der Waals surface area contributed by atoms with Gasteiger partial charge in [0, 0.05) is 0 Å². The highest BCUT2D eigenvalue weighted by atomic mass is 16.3. The van der Waals surface area contributed by atoms with Crippen LogP contribution in [0.2, 0.25) is 0 Å². The van der Waals surface area contributed by atoms with Gasteiger partial charge in [-0.2, -0.15) is 0 Å². The van der Waals surface area contributed by atoms with E-state index in [4.69, 9.17) is 0 Å². The Labute approximate surface area is 161 Å². The van der Waals surface area contributed by atoms with Gasteiger partial charge in [0.25, 0.3) is 0 Å². The molecule has 0 saturated heterocycles. The SMILES string of the molecule is CCC[C@@H](C)[C@H]1CC[C@H]2[C@@H]3[C@H](O)CC4C[C@H](O)CC[C@]4(C)[C@H]3CC[C@]12C. The molecular weight excluding hydrogens is 320 g/mol. The van der Waals surface area contributed by atoms with Gasteiger partial charge < -0.3 is 10.2 Å². The van der Waals surface area contributed by atoms with Gasteiger partial charge in [0.15, 0.2) is 0 Å². The average Bonchev–Trinajstić information content (AvgIpc) is 2.94. The molecule has 4 rings (SSSR count). The molecule has 2 nitrogen and oxygen atoms in total. The van der Waals surface area contributed by atoms with Crippen molar-refractivity contribution < 1.29 is 10.2 Å². The Kier molecular flexibility index (Phi) is 5.01. The van der Waals surface area contributed by atoms with Crippen LogP contribution in [0.5, 0.6) is 0 Å². The summed E-state index contributed by atoms with van der Waals surface area (Å²) in [5.41, 5.74) is 0.811. The molecular formula is C24H42O2. The second-order valence-corrected chi connectivity index (χ2v) is 11.2. The predicted molar refractivity (Wildman–Crippen MR) is 107 cm³/mol. The Hall–Kier alpha value is -0.0800. The molecule has 4 aliphatic carbocycles.